The lowest BCUT2D eigenvalue weighted by Crippen LogP contribution is -2.58. The first-order chi connectivity index (χ1) is 27.2. The lowest BCUT2D eigenvalue weighted by molar-refractivity contribution is 0.411. The summed E-state index contributed by atoms with van der Waals surface area (Å²) in [7, 11) is 0. The van der Waals surface area contributed by atoms with Gasteiger partial charge in [-0.15, -0.1) is 0 Å². The summed E-state index contributed by atoms with van der Waals surface area (Å²) in [5.74, 6) is -56.6. The number of rotatable bonds is 3. The molecule has 58 heavy (non-hydrogen) atoms. The molecule has 7 aromatic rings. The molecule has 0 aliphatic heterocycles. The molecule has 0 saturated heterocycles. The maximum absolute atomic E-state index is 16.7. The topological polar surface area (TPSA) is 0 Å². The van der Waals surface area contributed by atoms with E-state index in [9.17, 15) is 22.0 Å². The van der Waals surface area contributed by atoms with Gasteiger partial charge in [0.15, 0.2) is 93.1 Å². The van der Waals surface area contributed by atoms with Gasteiger partial charge < -0.3 is 0 Å². The van der Waals surface area contributed by atoms with E-state index in [1.807, 2.05) is 0 Å². The molecular weight excluding hydrogens is 851 g/mol. The van der Waals surface area contributed by atoms with Crippen molar-refractivity contribution in [3.8, 4) is 11.1 Å². The Morgan fingerprint density at radius 2 is 0.621 bits per heavy atom. The summed E-state index contributed by atoms with van der Waals surface area (Å²) in [6, 6.07) is 2.45. The van der Waals surface area contributed by atoms with Crippen molar-refractivity contribution < 1.29 is 87.8 Å². The zero-order valence-corrected chi connectivity index (χ0v) is 28.2. The van der Waals surface area contributed by atoms with Crippen LogP contribution in [-0.2, 0) is 6.42 Å². The summed E-state index contributed by atoms with van der Waals surface area (Å²) in [6.45, 7) is 0. The Hall–Kier alpha value is -5.55. The molecule has 1 aliphatic rings. The molecule has 0 unspecified atom stereocenters. The van der Waals surface area contributed by atoms with E-state index in [1.54, 1.807) is 0 Å². The number of halogens is 20. The molecule has 0 atom stereocenters. The van der Waals surface area contributed by atoms with Crippen molar-refractivity contribution in [1.29, 1.82) is 0 Å². The first kappa shape index (κ1) is 39.3. The normalized spacial score (nSPS) is 12.4. The molecule has 7 aromatic carbocycles. The molecule has 0 aromatic heterocycles. The minimum atomic E-state index is -6.28. The van der Waals surface area contributed by atoms with E-state index in [0.29, 0.717) is 6.07 Å². The zero-order valence-electron chi connectivity index (χ0n) is 27.1. The number of fused-ring (bicyclic) bond motifs is 6. The summed E-state index contributed by atoms with van der Waals surface area (Å²) in [5.41, 5.74) is -4.04. The van der Waals surface area contributed by atoms with Crippen LogP contribution in [0.15, 0.2) is 18.2 Å². The van der Waals surface area contributed by atoms with Gasteiger partial charge in [0.1, 0.15) is 23.3 Å². The van der Waals surface area contributed by atoms with Crippen LogP contribution in [0.3, 0.4) is 0 Å². The van der Waals surface area contributed by atoms with Gasteiger partial charge in [0.2, 0.25) is 0 Å². The maximum Gasteiger partial charge on any atom is 0.401 e. The quantitative estimate of drug-likeness (QED) is 0.0546. The second-order valence-electron chi connectivity index (χ2n) is 12.7. The Balaban J connectivity index is 1.73. The van der Waals surface area contributed by atoms with Crippen LogP contribution in [-0.4, -0.2) is 14.1 Å². The highest BCUT2D eigenvalue weighted by Crippen LogP contribution is 2.43. The molecule has 0 fully saturated rings. The van der Waals surface area contributed by atoms with E-state index < -0.39 is 205 Å². The lowest BCUT2D eigenvalue weighted by atomic mass is 9.99. The Bertz CT molecular complexity index is 3100. The number of hydrogen-bond acceptors (Lipinski definition) is 0. The largest absolute Gasteiger partial charge is 0.401 e. The summed E-state index contributed by atoms with van der Waals surface area (Å²) in [4.78, 5) is 0. The maximum atomic E-state index is 16.7. The Labute approximate surface area is 310 Å². The average Bonchev–Trinajstić information content (AvgIpc) is 3.59. The first-order valence-electron chi connectivity index (χ1n) is 15.6. The Morgan fingerprint density at radius 1 is 0.293 bits per heavy atom. The van der Waals surface area contributed by atoms with E-state index in [2.05, 4.69) is 0 Å². The van der Waals surface area contributed by atoms with E-state index in [1.165, 1.54) is 0 Å². The summed E-state index contributed by atoms with van der Waals surface area (Å²) in [6.07, 6.45) is -1.13. The van der Waals surface area contributed by atoms with Gasteiger partial charge in [-0.2, -0.15) is 0 Å². The minimum absolute atomic E-state index is 0.456. The SMILES string of the molecule is Fc1cccc2c1-c1c(F)c(F)c(F)[c]([Al]([c]3c(F)c(F)c(F)c4c(F)c(F)c(F)c(F)c34)[c]3c(F)c(F)c(F)c4c(F)c5c(F)c(F)c(F)c(F)c5c(F)c34)c1C2. The molecule has 0 heterocycles. The van der Waals surface area contributed by atoms with Gasteiger partial charge >= 0.3 is 14.1 Å². The predicted octanol–water partition coefficient (Wildman–Crippen LogP) is 10.0. The highest BCUT2D eigenvalue weighted by atomic mass is 27.2. The smallest absolute Gasteiger partial charge is 0.206 e. The molecule has 0 spiro atoms. The summed E-state index contributed by atoms with van der Waals surface area (Å²) >= 11 is -6.28. The van der Waals surface area contributed by atoms with E-state index in [0.717, 1.165) is 12.1 Å². The molecular formula is C37H5AlF20. The summed E-state index contributed by atoms with van der Waals surface area (Å²) < 4.78 is 303. The molecule has 0 N–H and O–H groups in total. The van der Waals surface area contributed by atoms with Crippen LogP contribution >= 0.6 is 0 Å². The van der Waals surface area contributed by atoms with Gasteiger partial charge in [-0.3, -0.25) is 0 Å². The standard InChI is InChI=1S/C14F9.C13H5F4.C10F7.Al/c15-3-1-2-4(10(19)8(3)17)9(18)6-5(7(2)16)11(20)13(22)14(23)12(6)21;14-8-3-1-2-6-4-7-5-9(15)12(16)13(17)11(7)10(6)8;11-3-1-2-4(7(14)6(3)13)8(15)10(17)9(16)5(2)12;/h;1-3H,4H2;;. The molecule has 0 amide bonds. The van der Waals surface area contributed by atoms with Crippen molar-refractivity contribution >= 4 is 59.7 Å². The van der Waals surface area contributed by atoms with Gasteiger partial charge in [-0.25, -0.2) is 87.8 Å². The monoisotopic (exact) mass is 856 g/mol. The van der Waals surface area contributed by atoms with Crippen molar-refractivity contribution in [2.75, 3.05) is 0 Å². The van der Waals surface area contributed by atoms with Crippen molar-refractivity contribution in [2.24, 2.45) is 0 Å². The molecule has 0 radical (unpaired) electrons. The lowest BCUT2D eigenvalue weighted by Gasteiger charge is -2.25. The van der Waals surface area contributed by atoms with Crippen LogP contribution in [0.1, 0.15) is 11.1 Å². The highest BCUT2D eigenvalue weighted by Gasteiger charge is 2.47. The third kappa shape index (κ3) is 4.79. The van der Waals surface area contributed by atoms with Gasteiger partial charge in [0.25, 0.3) is 0 Å². The van der Waals surface area contributed by atoms with Crippen LogP contribution in [0.2, 0.25) is 0 Å². The van der Waals surface area contributed by atoms with Crippen molar-refractivity contribution in [1.82, 2.24) is 0 Å². The average molecular weight is 856 g/mol. The molecule has 0 saturated carbocycles. The molecule has 0 bridgehead atoms. The second kappa shape index (κ2) is 13.0. The van der Waals surface area contributed by atoms with Crippen LogP contribution in [0.5, 0.6) is 0 Å². The minimum Gasteiger partial charge on any atom is -0.206 e. The van der Waals surface area contributed by atoms with Gasteiger partial charge in [0.05, 0.1) is 21.5 Å². The Kier molecular flexibility index (Phi) is 8.79. The molecule has 8 rings (SSSR count). The van der Waals surface area contributed by atoms with Crippen molar-refractivity contribution in [2.45, 2.75) is 6.42 Å². The fourth-order valence-corrected chi connectivity index (χ4v) is 11.3. The summed E-state index contributed by atoms with van der Waals surface area (Å²) in [5, 5.41) is -14.5. The fourth-order valence-electron chi connectivity index (χ4n) is 7.56. The van der Waals surface area contributed by atoms with Crippen LogP contribution in [0.25, 0.3) is 43.4 Å². The molecule has 0 nitrogen and oxygen atoms in total. The molecule has 296 valence electrons. The third-order valence-electron chi connectivity index (χ3n) is 9.94. The van der Waals surface area contributed by atoms with Gasteiger partial charge in [-0.1, -0.05) is 25.4 Å². The van der Waals surface area contributed by atoms with Crippen LogP contribution in [0.4, 0.5) is 87.8 Å². The fraction of sp³-hybridized carbons (Fsp3) is 0.0270. The highest BCUT2D eigenvalue weighted by molar-refractivity contribution is 6.98. The first-order valence-corrected chi connectivity index (χ1v) is 17.3. The van der Waals surface area contributed by atoms with Crippen molar-refractivity contribution in [3.05, 3.63) is 146 Å². The van der Waals surface area contributed by atoms with E-state index >= 15 is 65.9 Å². The van der Waals surface area contributed by atoms with Gasteiger partial charge in [-0.05, 0) is 23.6 Å². The Morgan fingerprint density at radius 3 is 1.09 bits per heavy atom. The number of benzene rings is 7. The van der Waals surface area contributed by atoms with Crippen LogP contribution in [0, 0.1) is 116 Å². The van der Waals surface area contributed by atoms with E-state index in [4.69, 9.17) is 0 Å². The number of hydrogen-bond donors (Lipinski definition) is 0. The van der Waals surface area contributed by atoms with Crippen molar-refractivity contribution in [3.63, 3.8) is 0 Å². The third-order valence-corrected chi connectivity index (χ3v) is 13.4. The van der Waals surface area contributed by atoms with E-state index in [-0.39, 0.29) is 0 Å². The zero-order chi connectivity index (χ0) is 42.5. The second-order valence-corrected chi connectivity index (χ2v) is 15.3. The van der Waals surface area contributed by atoms with Crippen LogP contribution < -0.4 is 13.3 Å². The molecule has 1 aliphatic carbocycles. The molecule has 21 heteroatoms. The van der Waals surface area contributed by atoms with Gasteiger partial charge in [0, 0.05) is 21.9 Å². The predicted molar refractivity (Wildman–Crippen MR) is 164 cm³/mol.